The van der Waals surface area contributed by atoms with Gasteiger partial charge in [0.25, 0.3) is 5.91 Å². The van der Waals surface area contributed by atoms with Crippen LogP contribution in [0.4, 0.5) is 16.6 Å². The first kappa shape index (κ1) is 19.9. The molecule has 0 spiro atoms. The van der Waals surface area contributed by atoms with Gasteiger partial charge in [0.05, 0.1) is 11.9 Å². The van der Waals surface area contributed by atoms with Gasteiger partial charge in [-0.25, -0.2) is 4.98 Å². The van der Waals surface area contributed by atoms with Crippen molar-refractivity contribution in [3.8, 4) is 5.75 Å². The van der Waals surface area contributed by atoms with E-state index in [1.807, 2.05) is 6.92 Å². The Hall–Kier alpha value is -3.40. The summed E-state index contributed by atoms with van der Waals surface area (Å²) in [7, 11) is 1.78. The highest BCUT2D eigenvalue weighted by Crippen LogP contribution is 2.30. The lowest BCUT2D eigenvalue weighted by Gasteiger charge is -2.11. The van der Waals surface area contributed by atoms with Gasteiger partial charge >= 0.3 is 0 Å². The molecule has 9 nitrogen and oxygen atoms in total. The van der Waals surface area contributed by atoms with Crippen LogP contribution in [-0.4, -0.2) is 50.2 Å². The van der Waals surface area contributed by atoms with Crippen LogP contribution in [0, 0.1) is 13.8 Å². The molecule has 4 rings (SSSR count). The van der Waals surface area contributed by atoms with E-state index >= 15 is 0 Å². The van der Waals surface area contributed by atoms with Gasteiger partial charge in [-0.2, -0.15) is 5.10 Å². The highest BCUT2D eigenvalue weighted by atomic mass is 32.1. The molecule has 0 bridgehead atoms. The Labute approximate surface area is 177 Å². The van der Waals surface area contributed by atoms with Crippen molar-refractivity contribution < 1.29 is 14.7 Å². The van der Waals surface area contributed by atoms with Crippen molar-refractivity contribution >= 4 is 39.8 Å². The lowest BCUT2D eigenvalue weighted by molar-refractivity contribution is -0.129. The van der Waals surface area contributed by atoms with Crippen LogP contribution in [0.1, 0.15) is 33.3 Å². The molecule has 2 amide bonds. The van der Waals surface area contributed by atoms with Gasteiger partial charge in [0.1, 0.15) is 16.7 Å². The van der Waals surface area contributed by atoms with Crippen LogP contribution in [0.25, 0.3) is 0 Å². The Morgan fingerprint density at radius 1 is 1.30 bits per heavy atom. The third-order valence-electron chi connectivity index (χ3n) is 5.17. The van der Waals surface area contributed by atoms with Gasteiger partial charge in [-0.1, -0.05) is 17.4 Å². The summed E-state index contributed by atoms with van der Waals surface area (Å²) in [4.78, 5) is 31.1. The van der Waals surface area contributed by atoms with E-state index in [1.54, 1.807) is 47.9 Å². The van der Waals surface area contributed by atoms with Crippen LogP contribution in [0.5, 0.6) is 5.75 Å². The lowest BCUT2D eigenvalue weighted by atomic mass is 10.1. The molecule has 1 saturated heterocycles. The number of amides is 2. The second kappa shape index (κ2) is 7.79. The zero-order valence-electron chi connectivity index (χ0n) is 16.8. The average Bonchev–Trinajstić information content (AvgIpc) is 3.44. The van der Waals surface area contributed by atoms with E-state index in [9.17, 15) is 14.7 Å². The Balaban J connectivity index is 1.44. The number of aromatic hydroxyl groups is 1. The largest absolute Gasteiger partial charge is 0.508 e. The molecular formula is C20H22N6O3S. The van der Waals surface area contributed by atoms with Crippen LogP contribution in [0.3, 0.4) is 0 Å². The molecule has 3 N–H and O–H groups in total. The van der Waals surface area contributed by atoms with Crippen molar-refractivity contribution in [3.05, 3.63) is 46.6 Å². The molecule has 3 aromatic rings. The molecule has 0 radical (unpaired) electrons. The highest BCUT2D eigenvalue weighted by Gasteiger charge is 2.31. The number of aryl methyl sites for hydroxylation is 1. The molecule has 30 heavy (non-hydrogen) atoms. The van der Waals surface area contributed by atoms with Crippen LogP contribution in [0.2, 0.25) is 0 Å². The number of likely N-dealkylation sites (N-methyl/N-ethyl adjacent to an activating group) is 1. The minimum absolute atomic E-state index is 0.0513. The quantitative estimate of drug-likeness (QED) is 0.578. The Bertz CT molecular complexity index is 1120. The van der Waals surface area contributed by atoms with Crippen LogP contribution < -0.4 is 10.6 Å². The molecule has 1 aliphatic rings. The minimum atomic E-state index is -0.303. The smallest absolute Gasteiger partial charge is 0.267 e. The van der Waals surface area contributed by atoms with Crippen LogP contribution in [-0.2, 0) is 4.79 Å². The van der Waals surface area contributed by atoms with Gasteiger partial charge in [0.2, 0.25) is 5.91 Å². The third kappa shape index (κ3) is 3.73. The fourth-order valence-corrected chi connectivity index (χ4v) is 4.10. The van der Waals surface area contributed by atoms with E-state index in [2.05, 4.69) is 20.7 Å². The van der Waals surface area contributed by atoms with E-state index in [0.29, 0.717) is 27.1 Å². The zero-order chi connectivity index (χ0) is 21.4. The second-order valence-electron chi connectivity index (χ2n) is 7.26. The number of nitrogens with zero attached hydrogens (tertiary/aromatic N) is 4. The van der Waals surface area contributed by atoms with Gasteiger partial charge in [-0.15, -0.1) is 0 Å². The Kier molecular flexibility index (Phi) is 5.17. The van der Waals surface area contributed by atoms with Gasteiger partial charge in [-0.3, -0.25) is 14.3 Å². The molecule has 0 aliphatic carbocycles. The second-order valence-corrected chi connectivity index (χ2v) is 8.29. The predicted octanol–water partition coefficient (Wildman–Crippen LogP) is 3.06. The van der Waals surface area contributed by atoms with Crippen molar-refractivity contribution in [1.29, 1.82) is 0 Å². The molecule has 0 saturated carbocycles. The summed E-state index contributed by atoms with van der Waals surface area (Å²) in [5.41, 5.74) is 2.07. The topological polar surface area (TPSA) is 112 Å². The standard InChI is InChI=1S/C20H22N6O3S/c1-11-4-5-14(27)12(2)17(11)23-18(28)15-10-21-20(30-15)22-16-7-9-26(24-16)13-6-8-25(3)19(13)29/h4-5,7,9-10,13,27H,6,8H2,1-3H3,(H,23,28)(H,21,22,24). The number of nitrogens with one attached hydrogen (secondary N) is 2. The number of rotatable bonds is 5. The van der Waals surface area contributed by atoms with E-state index in [1.165, 1.54) is 17.5 Å². The number of likely N-dealkylation sites (tertiary alicyclic amines) is 1. The maximum atomic E-state index is 12.6. The van der Waals surface area contributed by atoms with Gasteiger partial charge < -0.3 is 20.6 Å². The summed E-state index contributed by atoms with van der Waals surface area (Å²) in [6, 6.07) is 4.84. The molecule has 2 aromatic heterocycles. The number of thiazole rings is 1. The summed E-state index contributed by atoms with van der Waals surface area (Å²) >= 11 is 1.19. The zero-order valence-corrected chi connectivity index (χ0v) is 17.7. The van der Waals surface area contributed by atoms with Gasteiger partial charge in [0, 0.05) is 31.4 Å². The number of hydrogen-bond acceptors (Lipinski definition) is 7. The van der Waals surface area contributed by atoms with Gasteiger partial charge in [0.15, 0.2) is 10.9 Å². The Morgan fingerprint density at radius 3 is 2.83 bits per heavy atom. The number of phenolic OH excluding ortho intramolecular Hbond substituents is 1. The molecule has 1 unspecified atom stereocenters. The molecular weight excluding hydrogens is 404 g/mol. The predicted molar refractivity (Wildman–Crippen MR) is 114 cm³/mol. The normalized spacial score (nSPS) is 16.2. The first-order valence-electron chi connectivity index (χ1n) is 9.47. The summed E-state index contributed by atoms with van der Waals surface area (Å²) < 4.78 is 1.66. The van der Waals surface area contributed by atoms with E-state index in [4.69, 9.17) is 0 Å². The maximum absolute atomic E-state index is 12.6. The lowest BCUT2D eigenvalue weighted by Crippen LogP contribution is -2.24. The van der Waals surface area contributed by atoms with E-state index in [0.717, 1.165) is 18.5 Å². The monoisotopic (exact) mass is 426 g/mol. The number of hydrogen-bond donors (Lipinski definition) is 3. The van der Waals surface area contributed by atoms with Crippen molar-refractivity contribution in [2.75, 3.05) is 24.2 Å². The number of benzene rings is 1. The molecule has 156 valence electrons. The molecule has 1 fully saturated rings. The van der Waals surface area contributed by atoms with Crippen molar-refractivity contribution in [1.82, 2.24) is 19.7 Å². The minimum Gasteiger partial charge on any atom is -0.508 e. The average molecular weight is 427 g/mol. The van der Waals surface area contributed by atoms with Crippen molar-refractivity contribution in [2.24, 2.45) is 0 Å². The molecule has 3 heterocycles. The van der Waals surface area contributed by atoms with Crippen LogP contribution in [0.15, 0.2) is 30.6 Å². The van der Waals surface area contributed by atoms with Gasteiger partial charge in [-0.05, 0) is 31.9 Å². The number of anilines is 3. The number of carbonyl (C=O) groups excluding carboxylic acids is 2. The SMILES string of the molecule is Cc1ccc(O)c(C)c1NC(=O)c1cnc(Nc2ccn(C3CCN(C)C3=O)n2)s1. The molecule has 1 aliphatic heterocycles. The summed E-state index contributed by atoms with van der Waals surface area (Å²) in [5, 5.41) is 20.7. The number of phenols is 1. The van der Waals surface area contributed by atoms with E-state index in [-0.39, 0.29) is 23.6 Å². The number of aromatic nitrogens is 3. The summed E-state index contributed by atoms with van der Waals surface area (Å²) in [5.74, 6) is 0.432. The summed E-state index contributed by atoms with van der Waals surface area (Å²) in [6.45, 7) is 4.33. The first-order chi connectivity index (χ1) is 14.3. The molecule has 10 heteroatoms. The maximum Gasteiger partial charge on any atom is 0.267 e. The third-order valence-corrected chi connectivity index (χ3v) is 6.09. The van der Waals surface area contributed by atoms with Crippen molar-refractivity contribution in [2.45, 2.75) is 26.3 Å². The van der Waals surface area contributed by atoms with Crippen molar-refractivity contribution in [3.63, 3.8) is 0 Å². The molecule has 1 aromatic carbocycles. The summed E-state index contributed by atoms with van der Waals surface area (Å²) in [6.07, 6.45) is 3.98. The molecule has 1 atom stereocenters. The van der Waals surface area contributed by atoms with E-state index < -0.39 is 0 Å². The highest BCUT2D eigenvalue weighted by molar-refractivity contribution is 7.17. The number of carbonyl (C=O) groups is 2. The fraction of sp³-hybridized carbons (Fsp3) is 0.300. The van der Waals surface area contributed by atoms with Crippen LogP contribution >= 0.6 is 11.3 Å². The fourth-order valence-electron chi connectivity index (χ4n) is 3.38. The Morgan fingerprint density at radius 2 is 2.10 bits per heavy atom. The first-order valence-corrected chi connectivity index (χ1v) is 10.3.